The summed E-state index contributed by atoms with van der Waals surface area (Å²) >= 11 is 0. The van der Waals surface area contributed by atoms with Crippen LogP contribution in [0.2, 0.25) is 0 Å². The molecule has 8 nitrogen and oxygen atoms in total. The van der Waals surface area contributed by atoms with Gasteiger partial charge in [-0.2, -0.15) is 5.10 Å². The first-order chi connectivity index (χ1) is 16.4. The van der Waals surface area contributed by atoms with E-state index in [2.05, 4.69) is 76.3 Å². The Bertz CT molecular complexity index is 1280. The highest BCUT2D eigenvalue weighted by atomic mass is 16.5. The lowest BCUT2D eigenvalue weighted by molar-refractivity contribution is 0.00880. The maximum atomic E-state index is 6.05. The van der Waals surface area contributed by atoms with E-state index in [4.69, 9.17) is 14.5 Å². The number of rotatable bonds is 7. The van der Waals surface area contributed by atoms with Crippen molar-refractivity contribution in [1.29, 1.82) is 0 Å². The summed E-state index contributed by atoms with van der Waals surface area (Å²) in [5.41, 5.74) is 6.02. The predicted octanol–water partition coefficient (Wildman–Crippen LogP) is 4.19. The highest BCUT2D eigenvalue weighted by Crippen LogP contribution is 2.30. The summed E-state index contributed by atoms with van der Waals surface area (Å²) in [6.45, 7) is 9.35. The quantitative estimate of drug-likeness (QED) is 0.429. The normalized spacial score (nSPS) is 19.2. The van der Waals surface area contributed by atoms with Crippen LogP contribution in [-0.2, 0) is 16.1 Å². The van der Waals surface area contributed by atoms with Crippen LogP contribution < -0.4 is 4.90 Å². The third kappa shape index (κ3) is 4.53. The summed E-state index contributed by atoms with van der Waals surface area (Å²) in [6.07, 6.45) is 0.370. The van der Waals surface area contributed by atoms with Gasteiger partial charge < -0.3 is 24.3 Å². The number of anilines is 1. The number of nitrogens with one attached hydrogen (secondary N) is 2. The SMILES string of the molecule is CC(C)OCc1cccc2c(-c3nc4ccc(N5CC(CN(C)C)OCC5C)cc4[nH]3)[nH]nc12. The first kappa shape index (κ1) is 22.8. The maximum Gasteiger partial charge on any atom is 0.157 e. The van der Waals surface area contributed by atoms with Crippen molar-refractivity contribution < 1.29 is 9.47 Å². The number of morpholine rings is 1. The molecular formula is C26H34N6O2. The van der Waals surface area contributed by atoms with Crippen LogP contribution in [0.3, 0.4) is 0 Å². The van der Waals surface area contributed by atoms with Gasteiger partial charge in [0.25, 0.3) is 0 Å². The highest BCUT2D eigenvalue weighted by molar-refractivity contribution is 5.95. The zero-order valence-electron chi connectivity index (χ0n) is 20.6. The Hall–Kier alpha value is -2.94. The van der Waals surface area contributed by atoms with Crippen LogP contribution >= 0.6 is 0 Å². The predicted molar refractivity (Wildman–Crippen MR) is 136 cm³/mol. The fourth-order valence-electron chi connectivity index (χ4n) is 4.64. The van der Waals surface area contributed by atoms with E-state index in [0.29, 0.717) is 12.6 Å². The second kappa shape index (κ2) is 9.37. The van der Waals surface area contributed by atoms with Gasteiger partial charge in [-0.25, -0.2) is 4.98 Å². The summed E-state index contributed by atoms with van der Waals surface area (Å²) in [4.78, 5) is 13.0. The lowest BCUT2D eigenvalue weighted by Crippen LogP contribution is -2.51. The number of fused-ring (bicyclic) bond motifs is 2. The molecule has 4 aromatic rings. The molecular weight excluding hydrogens is 428 g/mol. The number of likely N-dealkylation sites (N-methyl/N-ethyl adjacent to an activating group) is 1. The molecule has 0 bridgehead atoms. The molecule has 5 rings (SSSR count). The molecule has 0 aliphatic carbocycles. The van der Waals surface area contributed by atoms with Crippen LogP contribution in [0.15, 0.2) is 36.4 Å². The number of benzene rings is 2. The number of H-pyrrole nitrogens is 2. The van der Waals surface area contributed by atoms with Crippen molar-refractivity contribution in [2.45, 2.75) is 45.6 Å². The Labute approximate surface area is 200 Å². The van der Waals surface area contributed by atoms with Gasteiger partial charge in [0.05, 0.1) is 42.0 Å². The maximum absolute atomic E-state index is 6.05. The molecule has 1 aliphatic rings. The minimum atomic E-state index is 0.172. The molecule has 2 unspecified atom stereocenters. The number of nitrogens with zero attached hydrogens (tertiary/aromatic N) is 4. The van der Waals surface area contributed by atoms with Gasteiger partial charge in [-0.05, 0) is 53.1 Å². The number of hydrogen-bond acceptors (Lipinski definition) is 6. The number of imidazole rings is 1. The molecule has 2 aromatic heterocycles. The Kier molecular flexibility index (Phi) is 6.29. The van der Waals surface area contributed by atoms with Crippen molar-refractivity contribution in [1.82, 2.24) is 25.1 Å². The zero-order chi connectivity index (χ0) is 23.8. The monoisotopic (exact) mass is 462 g/mol. The highest BCUT2D eigenvalue weighted by Gasteiger charge is 2.27. The lowest BCUT2D eigenvalue weighted by Gasteiger charge is -2.40. The zero-order valence-corrected chi connectivity index (χ0v) is 20.6. The van der Waals surface area contributed by atoms with Crippen LogP contribution in [0.4, 0.5) is 5.69 Å². The van der Waals surface area contributed by atoms with Crippen molar-refractivity contribution in [2.75, 3.05) is 38.7 Å². The van der Waals surface area contributed by atoms with Crippen molar-refractivity contribution in [3.05, 3.63) is 42.0 Å². The van der Waals surface area contributed by atoms with Gasteiger partial charge in [0.1, 0.15) is 5.69 Å². The van der Waals surface area contributed by atoms with E-state index in [1.54, 1.807) is 0 Å². The van der Waals surface area contributed by atoms with E-state index < -0.39 is 0 Å². The molecule has 180 valence electrons. The number of para-hydroxylation sites is 1. The summed E-state index contributed by atoms with van der Waals surface area (Å²) in [5, 5.41) is 8.82. The molecule has 0 saturated carbocycles. The number of aromatic amines is 2. The van der Waals surface area contributed by atoms with Crippen LogP contribution in [0.1, 0.15) is 26.3 Å². The average Bonchev–Trinajstić information content (AvgIpc) is 3.42. The molecule has 2 atom stereocenters. The van der Waals surface area contributed by atoms with Gasteiger partial charge in [-0.3, -0.25) is 5.10 Å². The molecule has 8 heteroatoms. The number of hydrogen-bond donors (Lipinski definition) is 2. The van der Waals surface area contributed by atoms with Gasteiger partial charge in [0.15, 0.2) is 5.82 Å². The minimum absolute atomic E-state index is 0.172. The number of ether oxygens (including phenoxy) is 2. The standard InChI is InChI=1S/C26H34N6O2/c1-16(2)33-15-18-7-6-8-21-24(18)29-30-25(21)26-27-22-10-9-19(11-23(22)28-26)32-13-20(12-31(4)5)34-14-17(32)3/h6-11,16-17,20H,12-15H2,1-5H3,(H,27,28)(H,29,30). The second-order valence-corrected chi connectivity index (χ2v) is 9.78. The lowest BCUT2D eigenvalue weighted by atomic mass is 10.1. The third-order valence-electron chi connectivity index (χ3n) is 6.35. The first-order valence-corrected chi connectivity index (χ1v) is 12.0. The van der Waals surface area contributed by atoms with E-state index >= 15 is 0 Å². The Morgan fingerprint density at radius 3 is 2.88 bits per heavy atom. The molecule has 0 spiro atoms. The van der Waals surface area contributed by atoms with E-state index in [0.717, 1.165) is 58.7 Å². The summed E-state index contributed by atoms with van der Waals surface area (Å²) in [7, 11) is 4.17. The average molecular weight is 463 g/mol. The van der Waals surface area contributed by atoms with E-state index in [9.17, 15) is 0 Å². The van der Waals surface area contributed by atoms with Gasteiger partial charge in [-0.15, -0.1) is 0 Å². The van der Waals surface area contributed by atoms with Gasteiger partial charge in [-0.1, -0.05) is 18.2 Å². The van der Waals surface area contributed by atoms with Gasteiger partial charge in [0, 0.05) is 35.8 Å². The van der Waals surface area contributed by atoms with E-state index in [1.165, 1.54) is 5.69 Å². The Balaban J connectivity index is 1.44. The Morgan fingerprint density at radius 2 is 2.09 bits per heavy atom. The fourth-order valence-corrected chi connectivity index (χ4v) is 4.64. The van der Waals surface area contributed by atoms with Crippen molar-refractivity contribution in [3.63, 3.8) is 0 Å². The molecule has 1 saturated heterocycles. The number of aromatic nitrogens is 4. The van der Waals surface area contributed by atoms with Crippen LogP contribution in [0.5, 0.6) is 0 Å². The second-order valence-electron chi connectivity index (χ2n) is 9.78. The Morgan fingerprint density at radius 1 is 1.24 bits per heavy atom. The topological polar surface area (TPSA) is 82.3 Å². The molecule has 3 heterocycles. The van der Waals surface area contributed by atoms with Gasteiger partial charge >= 0.3 is 0 Å². The van der Waals surface area contributed by atoms with Crippen molar-refractivity contribution in [3.8, 4) is 11.5 Å². The first-order valence-electron chi connectivity index (χ1n) is 12.0. The van der Waals surface area contributed by atoms with E-state index in [1.807, 2.05) is 19.9 Å². The molecule has 34 heavy (non-hydrogen) atoms. The molecule has 0 amide bonds. The van der Waals surface area contributed by atoms with Gasteiger partial charge in [0.2, 0.25) is 0 Å². The minimum Gasteiger partial charge on any atom is -0.374 e. The molecule has 0 radical (unpaired) electrons. The third-order valence-corrected chi connectivity index (χ3v) is 6.35. The molecule has 2 aromatic carbocycles. The van der Waals surface area contributed by atoms with Crippen molar-refractivity contribution >= 4 is 27.6 Å². The molecule has 2 N–H and O–H groups in total. The van der Waals surface area contributed by atoms with Crippen LogP contribution in [0.25, 0.3) is 33.5 Å². The summed E-state index contributed by atoms with van der Waals surface area (Å²) in [5.74, 6) is 0.789. The summed E-state index contributed by atoms with van der Waals surface area (Å²) < 4.78 is 11.9. The van der Waals surface area contributed by atoms with Crippen LogP contribution in [0, 0.1) is 0 Å². The van der Waals surface area contributed by atoms with Crippen molar-refractivity contribution in [2.24, 2.45) is 0 Å². The van der Waals surface area contributed by atoms with E-state index in [-0.39, 0.29) is 12.2 Å². The fraction of sp³-hybridized carbons (Fsp3) is 0.462. The van der Waals surface area contributed by atoms with Crippen LogP contribution in [-0.4, -0.2) is 77.1 Å². The summed E-state index contributed by atoms with van der Waals surface area (Å²) in [6, 6.07) is 13.0. The molecule has 1 fully saturated rings. The smallest absolute Gasteiger partial charge is 0.157 e. The largest absolute Gasteiger partial charge is 0.374 e. The molecule has 1 aliphatic heterocycles.